The molecule has 2 spiro atoms. The number of nitrogens with zero attached hydrogens (tertiary/aromatic N) is 1. The first-order valence-electron chi connectivity index (χ1n) is 14.2. The summed E-state index contributed by atoms with van der Waals surface area (Å²) in [7, 11) is 0. The van der Waals surface area contributed by atoms with Gasteiger partial charge in [-0.3, -0.25) is 14.5 Å². The minimum atomic E-state index is -1.25. The minimum Gasteiger partial charge on any atom is -0.484 e. The lowest BCUT2D eigenvalue weighted by molar-refractivity contribution is -0.136. The molecule has 198 valence electrons. The molecule has 2 fully saturated rings. The highest BCUT2D eigenvalue weighted by molar-refractivity contribution is 6.16. The number of amides is 1. The van der Waals surface area contributed by atoms with E-state index in [-0.39, 0.29) is 23.7 Å². The van der Waals surface area contributed by atoms with E-state index in [2.05, 4.69) is 41.4 Å². The van der Waals surface area contributed by atoms with Crippen molar-refractivity contribution in [3.63, 3.8) is 0 Å². The maximum Gasteiger partial charge on any atom is 0.250 e. The van der Waals surface area contributed by atoms with Crippen LogP contribution in [0.1, 0.15) is 57.5 Å². The molecule has 4 heterocycles. The molecule has 0 saturated carbocycles. The number of Topliss-reactive ketones (excluding diaryl/α,β-unsaturated/α-hetero) is 1. The van der Waals surface area contributed by atoms with Crippen LogP contribution in [0.4, 0.5) is 5.69 Å². The third kappa shape index (κ3) is 2.76. The van der Waals surface area contributed by atoms with Crippen molar-refractivity contribution >= 4 is 17.4 Å². The van der Waals surface area contributed by atoms with Gasteiger partial charge < -0.3 is 10.1 Å². The fraction of sp³-hybridized carbons (Fsp3) is 0.257. The van der Waals surface area contributed by atoms with Crippen molar-refractivity contribution in [3.8, 4) is 5.75 Å². The molecule has 0 bridgehead atoms. The summed E-state index contributed by atoms with van der Waals surface area (Å²) in [6.45, 7) is 2.82. The highest BCUT2D eigenvalue weighted by atomic mass is 16.5. The summed E-state index contributed by atoms with van der Waals surface area (Å²) in [4.78, 5) is 32.7. The first kappa shape index (κ1) is 23.6. The van der Waals surface area contributed by atoms with Crippen LogP contribution in [0.15, 0.2) is 103 Å². The molecule has 0 aromatic heterocycles. The molecule has 40 heavy (non-hydrogen) atoms. The van der Waals surface area contributed by atoms with E-state index in [1.807, 2.05) is 78.9 Å². The van der Waals surface area contributed by atoms with Crippen molar-refractivity contribution in [2.75, 3.05) is 11.9 Å². The number of fused-ring (bicyclic) bond motifs is 6. The second-order valence-electron chi connectivity index (χ2n) is 11.6. The average molecular weight is 527 g/mol. The second-order valence-corrected chi connectivity index (χ2v) is 11.6. The van der Waals surface area contributed by atoms with E-state index in [0.29, 0.717) is 11.3 Å². The largest absolute Gasteiger partial charge is 0.484 e. The smallest absolute Gasteiger partial charge is 0.250 e. The van der Waals surface area contributed by atoms with Crippen molar-refractivity contribution in [1.82, 2.24) is 4.90 Å². The highest BCUT2D eigenvalue weighted by Crippen LogP contribution is 2.73. The van der Waals surface area contributed by atoms with Gasteiger partial charge in [0.05, 0.1) is 5.56 Å². The third-order valence-electron chi connectivity index (χ3n) is 9.80. The number of anilines is 1. The molecule has 4 aliphatic heterocycles. The van der Waals surface area contributed by atoms with Gasteiger partial charge in [0.2, 0.25) is 0 Å². The lowest BCUT2D eigenvalue weighted by atomic mass is 9.52. The Balaban J connectivity index is 1.54. The van der Waals surface area contributed by atoms with Gasteiger partial charge in [0.25, 0.3) is 5.91 Å². The number of aryl methyl sites for hydroxylation is 1. The fourth-order valence-electron chi connectivity index (χ4n) is 8.45. The van der Waals surface area contributed by atoms with Crippen LogP contribution < -0.4 is 10.1 Å². The number of para-hydroxylation sites is 2. The lowest BCUT2D eigenvalue weighted by Gasteiger charge is -2.52. The van der Waals surface area contributed by atoms with Crippen LogP contribution in [-0.4, -0.2) is 29.2 Å². The van der Waals surface area contributed by atoms with E-state index < -0.39 is 17.1 Å². The Hall–Kier alpha value is -4.22. The van der Waals surface area contributed by atoms with Crippen LogP contribution in [-0.2, 0) is 10.3 Å². The Labute approximate surface area is 233 Å². The van der Waals surface area contributed by atoms with E-state index in [1.54, 1.807) is 0 Å². The van der Waals surface area contributed by atoms with Crippen LogP contribution in [0.2, 0.25) is 0 Å². The van der Waals surface area contributed by atoms with Crippen molar-refractivity contribution in [3.05, 3.63) is 131 Å². The van der Waals surface area contributed by atoms with E-state index in [9.17, 15) is 4.79 Å². The third-order valence-corrected chi connectivity index (χ3v) is 9.80. The summed E-state index contributed by atoms with van der Waals surface area (Å²) < 4.78 is 6.99. The molecular formula is C35H30N2O3. The zero-order valence-corrected chi connectivity index (χ0v) is 22.3. The second kappa shape index (κ2) is 8.39. The summed E-state index contributed by atoms with van der Waals surface area (Å²) in [5.74, 6) is 0.157. The topological polar surface area (TPSA) is 58.6 Å². The van der Waals surface area contributed by atoms with Crippen LogP contribution >= 0.6 is 0 Å². The molecule has 5 atom stereocenters. The predicted molar refractivity (Wildman–Crippen MR) is 153 cm³/mol. The number of carbonyl (C=O) groups excluding carboxylic acids is 2. The van der Waals surface area contributed by atoms with E-state index in [0.717, 1.165) is 47.3 Å². The number of carbonyl (C=O) groups is 2. The zero-order valence-electron chi connectivity index (χ0n) is 22.3. The van der Waals surface area contributed by atoms with Gasteiger partial charge in [0.1, 0.15) is 22.8 Å². The minimum absolute atomic E-state index is 0.00337. The van der Waals surface area contributed by atoms with Crippen molar-refractivity contribution < 1.29 is 14.3 Å². The molecular weight excluding hydrogens is 496 g/mol. The van der Waals surface area contributed by atoms with Crippen molar-refractivity contribution in [1.29, 1.82) is 0 Å². The Morgan fingerprint density at radius 2 is 1.55 bits per heavy atom. The average Bonchev–Trinajstić information content (AvgIpc) is 3.64. The molecule has 1 unspecified atom stereocenters. The number of ether oxygens (including phenoxy) is 1. The van der Waals surface area contributed by atoms with E-state index >= 15 is 4.79 Å². The van der Waals surface area contributed by atoms with Crippen molar-refractivity contribution in [2.24, 2.45) is 5.41 Å². The maximum absolute atomic E-state index is 15.5. The molecule has 5 heteroatoms. The molecule has 4 aromatic carbocycles. The van der Waals surface area contributed by atoms with Gasteiger partial charge in [-0.1, -0.05) is 90.5 Å². The van der Waals surface area contributed by atoms with E-state index in [1.165, 1.54) is 0 Å². The van der Waals surface area contributed by atoms with Gasteiger partial charge in [-0.05, 0) is 55.6 Å². The maximum atomic E-state index is 15.5. The SMILES string of the molecule is Cc1ccc([C@@H]2[C@H]3CCCN3[C@@]3(C(=O)Nc4ccccc43)[C@]23C(=O)c2ccccc2OC3c2ccccc2)cc1. The molecule has 8 rings (SSSR count). The van der Waals surface area contributed by atoms with Crippen LogP contribution in [0.5, 0.6) is 5.75 Å². The Kier molecular flexibility index (Phi) is 4.96. The zero-order chi connectivity index (χ0) is 27.1. The molecule has 4 aliphatic rings. The predicted octanol–water partition coefficient (Wildman–Crippen LogP) is 6.41. The molecule has 4 aromatic rings. The van der Waals surface area contributed by atoms with Crippen LogP contribution in [0.3, 0.4) is 0 Å². The first-order chi connectivity index (χ1) is 19.6. The van der Waals surface area contributed by atoms with Crippen molar-refractivity contribution in [2.45, 2.75) is 43.4 Å². The summed E-state index contributed by atoms with van der Waals surface area (Å²) >= 11 is 0. The Morgan fingerprint density at radius 1 is 0.825 bits per heavy atom. The van der Waals surface area contributed by atoms with E-state index in [4.69, 9.17) is 4.74 Å². The van der Waals surface area contributed by atoms with Crippen LogP contribution in [0.25, 0.3) is 0 Å². The molecule has 0 radical (unpaired) electrons. The number of nitrogens with one attached hydrogen (secondary N) is 1. The highest BCUT2D eigenvalue weighted by Gasteiger charge is 2.81. The number of hydrogen-bond acceptors (Lipinski definition) is 4. The van der Waals surface area contributed by atoms with Gasteiger partial charge in [-0.25, -0.2) is 0 Å². The standard InChI is InChI=1S/C35H30N2O3/c1-22-17-19-23(20-18-22)30-28-15-9-21-37(28)35(26-13-6-7-14-27(26)36-33(35)39)34(30)31(38)25-12-5-8-16-29(25)40-32(34)24-10-3-2-4-11-24/h2-8,10-14,16-20,28,30,32H,9,15,21H2,1H3,(H,36,39)/t28-,30-,32?,34+,35+/m1/s1. The lowest BCUT2D eigenvalue weighted by Crippen LogP contribution is -2.63. The number of benzene rings is 4. The molecule has 5 nitrogen and oxygen atoms in total. The fourth-order valence-corrected chi connectivity index (χ4v) is 8.45. The van der Waals surface area contributed by atoms with Gasteiger partial charge in [-0.2, -0.15) is 0 Å². The summed E-state index contributed by atoms with van der Waals surface area (Å²) in [6.07, 6.45) is 1.21. The van der Waals surface area contributed by atoms with Gasteiger partial charge in [-0.15, -0.1) is 0 Å². The summed E-state index contributed by atoms with van der Waals surface area (Å²) in [6, 6.07) is 34.1. The molecule has 1 amide bonds. The Morgan fingerprint density at radius 3 is 2.38 bits per heavy atom. The Bertz CT molecular complexity index is 1670. The molecule has 1 N–H and O–H groups in total. The normalized spacial score (nSPS) is 30.2. The summed E-state index contributed by atoms with van der Waals surface area (Å²) in [5.41, 5.74) is 2.86. The van der Waals surface area contributed by atoms with Gasteiger partial charge in [0.15, 0.2) is 5.78 Å². The van der Waals surface area contributed by atoms with Gasteiger partial charge in [0, 0.05) is 23.2 Å². The monoisotopic (exact) mass is 526 g/mol. The van der Waals surface area contributed by atoms with Gasteiger partial charge >= 0.3 is 0 Å². The molecule has 2 saturated heterocycles. The molecule has 0 aliphatic carbocycles. The first-order valence-corrected chi connectivity index (χ1v) is 14.2. The number of ketones is 1. The summed E-state index contributed by atoms with van der Waals surface area (Å²) in [5, 5.41) is 3.22. The number of hydrogen-bond donors (Lipinski definition) is 1. The number of rotatable bonds is 2. The quantitative estimate of drug-likeness (QED) is 0.328. The van der Waals surface area contributed by atoms with Crippen LogP contribution in [0, 0.1) is 12.3 Å².